The van der Waals surface area contributed by atoms with Crippen molar-refractivity contribution >= 4 is 11.6 Å². The van der Waals surface area contributed by atoms with Crippen molar-refractivity contribution in [2.75, 3.05) is 21.3 Å². The first-order valence-electron chi connectivity index (χ1n) is 9.29. The Kier molecular flexibility index (Phi) is 7.25. The minimum atomic E-state index is -0.129. The van der Waals surface area contributed by atoms with Gasteiger partial charge < -0.3 is 23.5 Å². The van der Waals surface area contributed by atoms with E-state index >= 15 is 0 Å². The molecule has 1 heterocycles. The minimum absolute atomic E-state index is 0.129. The number of benzene rings is 2. The van der Waals surface area contributed by atoms with Crippen LogP contribution in [-0.2, 0) is 13.0 Å². The molecule has 1 atom stereocenters. The average Bonchev–Trinajstić information content (AvgIpc) is 3.26. The molecule has 2 aromatic carbocycles. The molecule has 0 bridgehead atoms. The Labute approximate surface area is 175 Å². The number of aryl methyl sites for hydroxylation is 1. The fourth-order valence-electron chi connectivity index (χ4n) is 3.05. The lowest BCUT2D eigenvalue weighted by Crippen LogP contribution is -2.24. The van der Waals surface area contributed by atoms with E-state index in [1.165, 1.54) is 5.56 Å². The van der Waals surface area contributed by atoms with Crippen LogP contribution in [0.25, 0.3) is 0 Å². The van der Waals surface area contributed by atoms with E-state index in [-0.39, 0.29) is 6.10 Å². The van der Waals surface area contributed by atoms with Crippen molar-refractivity contribution in [3.05, 3.63) is 65.7 Å². The van der Waals surface area contributed by atoms with Crippen molar-refractivity contribution in [1.82, 2.24) is 9.55 Å². The number of aromatic nitrogens is 2. The van der Waals surface area contributed by atoms with Gasteiger partial charge in [0.05, 0.1) is 34.2 Å². The van der Waals surface area contributed by atoms with Gasteiger partial charge in [0.1, 0.15) is 11.9 Å². The zero-order valence-electron chi connectivity index (χ0n) is 16.8. The van der Waals surface area contributed by atoms with Gasteiger partial charge >= 0.3 is 0 Å². The summed E-state index contributed by atoms with van der Waals surface area (Å²) in [6.45, 7) is 0.645. The quantitative estimate of drug-likeness (QED) is 0.481. The van der Waals surface area contributed by atoms with Gasteiger partial charge in [-0.3, -0.25) is 0 Å². The summed E-state index contributed by atoms with van der Waals surface area (Å²) in [6.07, 6.45) is 6.96. The van der Waals surface area contributed by atoms with Crippen LogP contribution in [0.1, 0.15) is 12.0 Å². The van der Waals surface area contributed by atoms with E-state index in [1.807, 2.05) is 35.0 Å². The Balaban J connectivity index is 1.83. The Hall–Kier alpha value is -2.86. The number of hydrogen-bond donors (Lipinski definition) is 0. The Bertz CT molecular complexity index is 873. The van der Waals surface area contributed by atoms with Gasteiger partial charge in [-0.05, 0) is 30.5 Å². The average molecular weight is 417 g/mol. The number of ether oxygens (including phenoxy) is 4. The Morgan fingerprint density at radius 2 is 1.69 bits per heavy atom. The van der Waals surface area contributed by atoms with Crippen LogP contribution in [0.4, 0.5) is 0 Å². The fraction of sp³-hybridized carbons (Fsp3) is 0.318. The molecule has 0 aliphatic carbocycles. The maximum absolute atomic E-state index is 6.40. The van der Waals surface area contributed by atoms with E-state index < -0.39 is 0 Å². The van der Waals surface area contributed by atoms with Crippen LogP contribution in [0.2, 0.25) is 5.02 Å². The highest BCUT2D eigenvalue weighted by Crippen LogP contribution is 2.42. The molecule has 154 valence electrons. The third kappa shape index (κ3) is 5.57. The summed E-state index contributed by atoms with van der Waals surface area (Å²) in [5, 5.41) is 0.729. The van der Waals surface area contributed by atoms with Crippen LogP contribution in [0.5, 0.6) is 23.0 Å². The van der Waals surface area contributed by atoms with E-state index in [0.717, 1.165) is 17.9 Å². The van der Waals surface area contributed by atoms with Crippen LogP contribution >= 0.6 is 11.6 Å². The SMILES string of the molecule is COc1cc(OC)c(OC(CCc2ccc(Cl)cc2)Cn2ccnc2)c(OC)c1. The molecule has 29 heavy (non-hydrogen) atoms. The minimum Gasteiger partial charge on any atom is -0.496 e. The maximum atomic E-state index is 6.40. The van der Waals surface area contributed by atoms with Gasteiger partial charge in [-0.1, -0.05) is 23.7 Å². The molecule has 0 saturated heterocycles. The number of nitrogens with zero attached hydrogens (tertiary/aromatic N) is 2. The molecule has 0 amide bonds. The van der Waals surface area contributed by atoms with Gasteiger partial charge in [0, 0.05) is 29.5 Å². The standard InChI is InChI=1S/C22H25ClN2O4/c1-26-19-12-20(27-2)22(21(13-19)28-3)29-18(14-25-11-10-24-15-25)9-6-16-4-7-17(23)8-5-16/h4-5,7-8,10-13,15,18H,6,9,14H2,1-3H3. The van der Waals surface area contributed by atoms with E-state index in [4.69, 9.17) is 30.5 Å². The van der Waals surface area contributed by atoms with Gasteiger partial charge in [0.25, 0.3) is 0 Å². The molecule has 1 unspecified atom stereocenters. The molecular formula is C22H25ClN2O4. The molecule has 0 N–H and O–H groups in total. The molecule has 6 nitrogen and oxygen atoms in total. The number of halogens is 1. The van der Waals surface area contributed by atoms with Gasteiger partial charge in [-0.25, -0.2) is 4.98 Å². The number of hydrogen-bond acceptors (Lipinski definition) is 5. The van der Waals surface area contributed by atoms with Crippen LogP contribution in [0.3, 0.4) is 0 Å². The second-order valence-corrected chi connectivity index (χ2v) is 6.96. The molecule has 7 heteroatoms. The maximum Gasteiger partial charge on any atom is 0.204 e. The van der Waals surface area contributed by atoms with Crippen LogP contribution in [0, 0.1) is 0 Å². The predicted molar refractivity (Wildman–Crippen MR) is 113 cm³/mol. The first-order chi connectivity index (χ1) is 14.1. The lowest BCUT2D eigenvalue weighted by molar-refractivity contribution is 0.157. The summed E-state index contributed by atoms with van der Waals surface area (Å²) in [6, 6.07) is 11.4. The number of rotatable bonds is 10. The number of imidazole rings is 1. The molecule has 3 rings (SSSR count). The van der Waals surface area contributed by atoms with Gasteiger partial charge in [-0.15, -0.1) is 0 Å². The first kappa shape index (κ1) is 20.9. The fourth-order valence-corrected chi connectivity index (χ4v) is 3.18. The van der Waals surface area contributed by atoms with Gasteiger partial charge in [0.15, 0.2) is 11.5 Å². The first-order valence-corrected chi connectivity index (χ1v) is 9.67. The summed E-state index contributed by atoms with van der Waals surface area (Å²) in [5.41, 5.74) is 1.20. The van der Waals surface area contributed by atoms with E-state index in [9.17, 15) is 0 Å². The van der Waals surface area contributed by atoms with E-state index in [2.05, 4.69) is 4.98 Å². The summed E-state index contributed by atoms with van der Waals surface area (Å²) < 4.78 is 24.8. The highest BCUT2D eigenvalue weighted by Gasteiger charge is 2.20. The third-order valence-electron chi connectivity index (χ3n) is 4.60. The van der Waals surface area contributed by atoms with Crippen LogP contribution in [-0.4, -0.2) is 37.0 Å². The second kappa shape index (κ2) is 10.1. The molecule has 0 aliphatic heterocycles. The van der Waals surface area contributed by atoms with Gasteiger partial charge in [0.2, 0.25) is 5.75 Å². The Morgan fingerprint density at radius 1 is 1.00 bits per heavy atom. The molecule has 0 fully saturated rings. The molecule has 3 aromatic rings. The number of methoxy groups -OCH3 is 3. The normalized spacial score (nSPS) is 11.7. The molecule has 0 aliphatic rings. The summed E-state index contributed by atoms with van der Waals surface area (Å²) in [7, 11) is 4.79. The van der Waals surface area contributed by atoms with Crippen molar-refractivity contribution in [3.63, 3.8) is 0 Å². The van der Waals surface area contributed by atoms with Crippen LogP contribution in [0.15, 0.2) is 55.1 Å². The van der Waals surface area contributed by atoms with Crippen molar-refractivity contribution < 1.29 is 18.9 Å². The molecule has 1 aromatic heterocycles. The summed E-state index contributed by atoms with van der Waals surface area (Å²) in [5.74, 6) is 2.31. The topological polar surface area (TPSA) is 54.7 Å². The predicted octanol–water partition coefficient (Wildman–Crippen LogP) is 4.64. The molecule has 0 radical (unpaired) electrons. The third-order valence-corrected chi connectivity index (χ3v) is 4.85. The largest absolute Gasteiger partial charge is 0.496 e. The highest BCUT2D eigenvalue weighted by atomic mass is 35.5. The zero-order valence-corrected chi connectivity index (χ0v) is 17.6. The van der Waals surface area contributed by atoms with Crippen LogP contribution < -0.4 is 18.9 Å². The van der Waals surface area contributed by atoms with Gasteiger partial charge in [-0.2, -0.15) is 0 Å². The summed E-state index contributed by atoms with van der Waals surface area (Å²) >= 11 is 6.00. The summed E-state index contributed by atoms with van der Waals surface area (Å²) in [4.78, 5) is 4.13. The smallest absolute Gasteiger partial charge is 0.204 e. The lowest BCUT2D eigenvalue weighted by atomic mass is 10.1. The van der Waals surface area contributed by atoms with E-state index in [0.29, 0.717) is 29.5 Å². The molecule has 0 saturated carbocycles. The van der Waals surface area contributed by atoms with E-state index in [1.54, 1.807) is 46.0 Å². The molecule has 0 spiro atoms. The highest BCUT2D eigenvalue weighted by molar-refractivity contribution is 6.30. The second-order valence-electron chi connectivity index (χ2n) is 6.53. The Morgan fingerprint density at radius 3 is 2.24 bits per heavy atom. The molecular weight excluding hydrogens is 392 g/mol. The van der Waals surface area contributed by atoms with Crippen molar-refractivity contribution in [2.24, 2.45) is 0 Å². The monoisotopic (exact) mass is 416 g/mol. The van der Waals surface area contributed by atoms with Crippen molar-refractivity contribution in [2.45, 2.75) is 25.5 Å². The van der Waals surface area contributed by atoms with Crippen molar-refractivity contribution in [1.29, 1.82) is 0 Å². The van der Waals surface area contributed by atoms with Crippen molar-refractivity contribution in [3.8, 4) is 23.0 Å². The lowest BCUT2D eigenvalue weighted by Gasteiger charge is -2.23. The zero-order chi connectivity index (χ0) is 20.6.